The van der Waals surface area contributed by atoms with Crippen LogP contribution in [0.2, 0.25) is 5.02 Å². The quantitative estimate of drug-likeness (QED) is 0.454. The Hall–Kier alpha value is -3.97. The predicted molar refractivity (Wildman–Crippen MR) is 131 cm³/mol. The van der Waals surface area contributed by atoms with Gasteiger partial charge in [0.1, 0.15) is 12.2 Å². The van der Waals surface area contributed by atoms with Crippen LogP contribution < -0.4 is 16.2 Å². The van der Waals surface area contributed by atoms with Gasteiger partial charge in [0.2, 0.25) is 11.8 Å². The summed E-state index contributed by atoms with van der Waals surface area (Å²) in [6.07, 6.45) is 0. The van der Waals surface area contributed by atoms with Crippen molar-refractivity contribution < 1.29 is 9.59 Å². The molecule has 0 radical (unpaired) electrons. The lowest BCUT2D eigenvalue weighted by Crippen LogP contribution is -2.30. The van der Waals surface area contributed by atoms with E-state index in [1.54, 1.807) is 60.7 Å². The molecule has 0 fully saturated rings. The molecule has 0 aliphatic rings. The van der Waals surface area contributed by atoms with Crippen molar-refractivity contribution in [1.82, 2.24) is 9.55 Å². The number of carbonyl (C=O) groups is 2. The first kappa shape index (κ1) is 22.2. The lowest BCUT2D eigenvalue weighted by molar-refractivity contribution is -0.117. The number of nitrogens with one attached hydrogen (secondary N) is 2. The Bertz CT molecular complexity index is 1450. The highest BCUT2D eigenvalue weighted by atomic mass is 35.5. The molecule has 1 aromatic heterocycles. The third-order valence-electron chi connectivity index (χ3n) is 5.19. The van der Waals surface area contributed by atoms with Crippen LogP contribution in [0.3, 0.4) is 0 Å². The molecule has 1 heterocycles. The van der Waals surface area contributed by atoms with Gasteiger partial charge in [-0.05, 0) is 42.8 Å². The zero-order valence-corrected chi connectivity index (χ0v) is 18.8. The highest BCUT2D eigenvalue weighted by Gasteiger charge is 2.18. The van der Waals surface area contributed by atoms with Crippen LogP contribution >= 0.6 is 11.6 Å². The highest BCUT2D eigenvalue weighted by molar-refractivity contribution is 6.31. The maximum Gasteiger partial charge on any atom is 0.278 e. The molecule has 2 N–H and O–H groups in total. The van der Waals surface area contributed by atoms with Gasteiger partial charge in [0.25, 0.3) is 5.56 Å². The fourth-order valence-electron chi connectivity index (χ4n) is 3.59. The van der Waals surface area contributed by atoms with Crippen molar-refractivity contribution in [3.63, 3.8) is 0 Å². The summed E-state index contributed by atoms with van der Waals surface area (Å²) in [7, 11) is 0. The van der Waals surface area contributed by atoms with Crippen molar-refractivity contribution in [2.45, 2.75) is 20.4 Å². The number of fused-ring (bicyclic) bond motifs is 1. The van der Waals surface area contributed by atoms with Gasteiger partial charge in [0.15, 0.2) is 0 Å². The Morgan fingerprint density at radius 2 is 1.64 bits per heavy atom. The Labute approximate surface area is 195 Å². The summed E-state index contributed by atoms with van der Waals surface area (Å²) in [6, 6.07) is 19.3. The fraction of sp³-hybridized carbons (Fsp3) is 0.120. The monoisotopic (exact) mass is 460 g/mol. The molecular formula is C25H21ClN4O3. The summed E-state index contributed by atoms with van der Waals surface area (Å²) in [4.78, 5) is 42.6. The standard InChI is InChI=1S/C25H21ClN4O3/c1-15-18(26)9-7-12-19(15)28-23(32)14-30-22-13-6-5-11-21(22)29-24(25(30)33)17-8-3-4-10-20(17)27-16(2)31/h3-13H,14H2,1-2H3,(H,27,31)(H,28,32). The summed E-state index contributed by atoms with van der Waals surface area (Å²) < 4.78 is 1.39. The minimum atomic E-state index is -0.440. The zero-order valence-electron chi connectivity index (χ0n) is 18.1. The summed E-state index contributed by atoms with van der Waals surface area (Å²) >= 11 is 6.16. The van der Waals surface area contributed by atoms with E-state index in [9.17, 15) is 14.4 Å². The predicted octanol–water partition coefficient (Wildman–Crippen LogP) is 4.62. The first-order valence-corrected chi connectivity index (χ1v) is 10.6. The van der Waals surface area contributed by atoms with Gasteiger partial charge in [-0.3, -0.25) is 19.0 Å². The molecular weight excluding hydrogens is 440 g/mol. The average molecular weight is 461 g/mol. The van der Waals surface area contributed by atoms with E-state index in [0.29, 0.717) is 33.0 Å². The number of rotatable bonds is 5. The third-order valence-corrected chi connectivity index (χ3v) is 5.60. The smallest absolute Gasteiger partial charge is 0.278 e. The van der Waals surface area contributed by atoms with Crippen LogP contribution in [-0.4, -0.2) is 21.4 Å². The third kappa shape index (κ3) is 4.63. The van der Waals surface area contributed by atoms with Crippen molar-refractivity contribution in [3.05, 3.63) is 87.7 Å². The van der Waals surface area contributed by atoms with Gasteiger partial charge in [-0.2, -0.15) is 0 Å². The molecule has 0 aliphatic carbocycles. The molecule has 0 atom stereocenters. The zero-order chi connectivity index (χ0) is 23.5. The lowest BCUT2D eigenvalue weighted by atomic mass is 10.1. The molecule has 166 valence electrons. The van der Waals surface area contributed by atoms with E-state index in [4.69, 9.17) is 11.6 Å². The van der Waals surface area contributed by atoms with Gasteiger partial charge in [-0.15, -0.1) is 0 Å². The second-order valence-corrected chi connectivity index (χ2v) is 7.93. The minimum Gasteiger partial charge on any atom is -0.326 e. The normalized spacial score (nSPS) is 10.8. The van der Waals surface area contributed by atoms with E-state index in [0.717, 1.165) is 5.56 Å². The van der Waals surface area contributed by atoms with Crippen molar-refractivity contribution >= 4 is 45.8 Å². The van der Waals surface area contributed by atoms with Gasteiger partial charge in [-0.1, -0.05) is 48.0 Å². The molecule has 4 rings (SSSR count). The summed E-state index contributed by atoms with van der Waals surface area (Å²) in [5.74, 6) is -0.639. The van der Waals surface area contributed by atoms with Crippen LogP contribution in [0.4, 0.5) is 11.4 Å². The van der Waals surface area contributed by atoms with Crippen LogP contribution in [-0.2, 0) is 16.1 Å². The molecule has 0 saturated heterocycles. The van der Waals surface area contributed by atoms with Gasteiger partial charge in [0.05, 0.1) is 16.7 Å². The molecule has 7 nitrogen and oxygen atoms in total. The summed E-state index contributed by atoms with van der Waals surface area (Å²) in [5, 5.41) is 6.10. The van der Waals surface area contributed by atoms with Gasteiger partial charge in [-0.25, -0.2) is 4.98 Å². The van der Waals surface area contributed by atoms with Crippen LogP contribution in [0, 0.1) is 6.92 Å². The second kappa shape index (κ2) is 9.26. The molecule has 0 unspecified atom stereocenters. The number of para-hydroxylation sites is 3. The fourth-order valence-corrected chi connectivity index (χ4v) is 3.76. The molecule has 4 aromatic rings. The number of anilines is 2. The van der Waals surface area contributed by atoms with E-state index in [1.165, 1.54) is 11.5 Å². The number of nitrogens with zero attached hydrogens (tertiary/aromatic N) is 2. The number of halogens is 1. The van der Waals surface area contributed by atoms with Crippen molar-refractivity contribution in [2.75, 3.05) is 10.6 Å². The summed E-state index contributed by atoms with van der Waals surface area (Å²) in [6.45, 7) is 2.98. The van der Waals surface area contributed by atoms with Crippen LogP contribution in [0.25, 0.3) is 22.3 Å². The maximum absolute atomic E-state index is 13.5. The van der Waals surface area contributed by atoms with E-state index < -0.39 is 5.56 Å². The highest BCUT2D eigenvalue weighted by Crippen LogP contribution is 2.26. The SMILES string of the molecule is CC(=O)Nc1ccccc1-c1nc2ccccc2n(CC(=O)Nc2cccc(Cl)c2C)c1=O. The largest absolute Gasteiger partial charge is 0.326 e. The lowest BCUT2D eigenvalue weighted by Gasteiger charge is -2.15. The minimum absolute atomic E-state index is 0.143. The number of amides is 2. The molecule has 33 heavy (non-hydrogen) atoms. The van der Waals surface area contributed by atoms with Crippen molar-refractivity contribution in [1.29, 1.82) is 0 Å². The number of aromatic nitrogens is 2. The molecule has 2 amide bonds. The molecule has 0 saturated carbocycles. The number of carbonyl (C=O) groups excluding carboxylic acids is 2. The van der Waals surface area contributed by atoms with Crippen LogP contribution in [0.5, 0.6) is 0 Å². The van der Waals surface area contributed by atoms with Gasteiger partial charge < -0.3 is 10.6 Å². The number of hydrogen-bond acceptors (Lipinski definition) is 4. The Morgan fingerprint density at radius 1 is 0.939 bits per heavy atom. The van der Waals surface area contributed by atoms with Crippen LogP contribution in [0.15, 0.2) is 71.5 Å². The molecule has 0 spiro atoms. The Morgan fingerprint density at radius 3 is 2.42 bits per heavy atom. The molecule has 3 aromatic carbocycles. The molecule has 0 aliphatic heterocycles. The molecule has 0 bridgehead atoms. The second-order valence-electron chi connectivity index (χ2n) is 7.53. The van der Waals surface area contributed by atoms with Crippen LogP contribution in [0.1, 0.15) is 12.5 Å². The topological polar surface area (TPSA) is 93.1 Å². The van der Waals surface area contributed by atoms with E-state index in [-0.39, 0.29) is 24.1 Å². The van der Waals surface area contributed by atoms with E-state index in [2.05, 4.69) is 15.6 Å². The van der Waals surface area contributed by atoms with Crippen molar-refractivity contribution in [2.24, 2.45) is 0 Å². The Kier molecular flexibility index (Phi) is 6.24. The first-order valence-electron chi connectivity index (χ1n) is 10.3. The van der Waals surface area contributed by atoms with Crippen molar-refractivity contribution in [3.8, 4) is 11.3 Å². The number of benzene rings is 3. The molecule has 8 heteroatoms. The number of hydrogen-bond donors (Lipinski definition) is 2. The Balaban J connectivity index is 1.80. The van der Waals surface area contributed by atoms with E-state index >= 15 is 0 Å². The first-order chi connectivity index (χ1) is 15.8. The van der Waals surface area contributed by atoms with E-state index in [1.807, 2.05) is 13.0 Å². The maximum atomic E-state index is 13.5. The van der Waals surface area contributed by atoms with Gasteiger partial charge >= 0.3 is 0 Å². The summed E-state index contributed by atoms with van der Waals surface area (Å²) in [5.41, 5.74) is 3.05. The average Bonchev–Trinajstić information content (AvgIpc) is 2.79. The van der Waals surface area contributed by atoms with Gasteiger partial charge in [0, 0.05) is 23.2 Å².